The van der Waals surface area contributed by atoms with E-state index >= 15 is 0 Å². The molecule has 136 valence electrons. The van der Waals surface area contributed by atoms with E-state index in [9.17, 15) is 4.79 Å². The van der Waals surface area contributed by atoms with Crippen LogP contribution < -0.4 is 4.90 Å². The van der Waals surface area contributed by atoms with Gasteiger partial charge in [-0.2, -0.15) is 0 Å². The van der Waals surface area contributed by atoms with Crippen molar-refractivity contribution in [2.45, 2.75) is 0 Å². The molecule has 1 amide bonds. The van der Waals surface area contributed by atoms with Gasteiger partial charge in [0.1, 0.15) is 0 Å². The zero-order valence-corrected chi connectivity index (χ0v) is 15.3. The Balaban J connectivity index is 1.38. The number of hydrogen-bond acceptors (Lipinski definition) is 6. The lowest BCUT2D eigenvalue weighted by Crippen LogP contribution is -2.49. The van der Waals surface area contributed by atoms with Crippen molar-refractivity contribution in [3.63, 3.8) is 0 Å². The first kappa shape index (κ1) is 16.1. The highest BCUT2D eigenvalue weighted by molar-refractivity contribution is 7.13. The Hall–Kier alpha value is -3.13. The van der Waals surface area contributed by atoms with E-state index in [1.807, 2.05) is 29.6 Å². The number of carbonyl (C=O) groups is 1. The molecular weight excluding hydrogens is 362 g/mol. The summed E-state index contributed by atoms with van der Waals surface area (Å²) < 4.78 is 7.30. The van der Waals surface area contributed by atoms with Gasteiger partial charge in [-0.1, -0.05) is 6.07 Å². The van der Waals surface area contributed by atoms with Crippen LogP contribution in [0.25, 0.3) is 16.2 Å². The topological polar surface area (TPSA) is 66.9 Å². The molecular formula is C19H17N5O2S. The first-order valence-electron chi connectivity index (χ1n) is 8.75. The predicted octanol–water partition coefficient (Wildman–Crippen LogP) is 3.01. The minimum atomic E-state index is -0.0633. The molecule has 1 saturated heterocycles. The summed E-state index contributed by atoms with van der Waals surface area (Å²) in [7, 11) is 0. The van der Waals surface area contributed by atoms with E-state index in [1.165, 1.54) is 11.1 Å². The molecule has 0 aliphatic carbocycles. The Morgan fingerprint density at radius 1 is 1.11 bits per heavy atom. The number of imidazole rings is 1. The first-order chi connectivity index (χ1) is 13.3. The van der Waals surface area contributed by atoms with Crippen molar-refractivity contribution in [3.05, 3.63) is 60.3 Å². The highest BCUT2D eigenvalue weighted by atomic mass is 32.1. The summed E-state index contributed by atoms with van der Waals surface area (Å²) in [6.45, 7) is 2.67. The van der Waals surface area contributed by atoms with E-state index in [2.05, 4.69) is 30.7 Å². The summed E-state index contributed by atoms with van der Waals surface area (Å²) in [5, 5.41) is 2.06. The number of aromatic nitrogens is 3. The molecule has 27 heavy (non-hydrogen) atoms. The standard InChI is InChI=1S/C19H17N5O2S/c25-19(15-3-1-11-26-15)23-9-7-22(8-10-23)17-18-21-13-14(16-4-2-12-27-16)24(18)6-5-20-17/h1-6,11-13H,7-10H2. The molecule has 4 aromatic rings. The summed E-state index contributed by atoms with van der Waals surface area (Å²) in [6.07, 6.45) is 7.17. The molecule has 0 radical (unpaired) electrons. The van der Waals surface area contributed by atoms with Gasteiger partial charge in [0.05, 0.1) is 23.0 Å². The minimum Gasteiger partial charge on any atom is -0.459 e. The normalized spacial score (nSPS) is 14.8. The van der Waals surface area contributed by atoms with Crippen LogP contribution in [-0.4, -0.2) is 51.4 Å². The fraction of sp³-hybridized carbons (Fsp3) is 0.211. The van der Waals surface area contributed by atoms with Crippen LogP contribution in [-0.2, 0) is 0 Å². The Morgan fingerprint density at radius 3 is 2.74 bits per heavy atom. The maximum Gasteiger partial charge on any atom is 0.289 e. The van der Waals surface area contributed by atoms with Gasteiger partial charge in [0, 0.05) is 38.6 Å². The molecule has 8 heteroatoms. The maximum absolute atomic E-state index is 12.4. The van der Waals surface area contributed by atoms with Crippen molar-refractivity contribution in [1.29, 1.82) is 0 Å². The van der Waals surface area contributed by atoms with Crippen molar-refractivity contribution in [3.8, 4) is 10.6 Å². The molecule has 1 aliphatic heterocycles. The number of hydrogen-bond donors (Lipinski definition) is 0. The van der Waals surface area contributed by atoms with Crippen LogP contribution in [0, 0.1) is 0 Å². The monoisotopic (exact) mass is 379 g/mol. The number of carbonyl (C=O) groups excluding carboxylic acids is 1. The SMILES string of the molecule is O=C(c1ccco1)N1CCN(c2nccn3c(-c4cccs4)cnc23)CC1. The molecule has 0 aromatic carbocycles. The molecule has 7 nitrogen and oxygen atoms in total. The lowest BCUT2D eigenvalue weighted by atomic mass is 10.3. The van der Waals surface area contributed by atoms with E-state index in [1.54, 1.807) is 23.5 Å². The second-order valence-corrected chi connectivity index (χ2v) is 7.27. The van der Waals surface area contributed by atoms with Gasteiger partial charge in [-0.25, -0.2) is 9.97 Å². The van der Waals surface area contributed by atoms with Gasteiger partial charge in [0.2, 0.25) is 0 Å². The van der Waals surface area contributed by atoms with E-state index in [0.29, 0.717) is 31.9 Å². The summed E-state index contributed by atoms with van der Waals surface area (Å²) in [5.41, 5.74) is 1.90. The van der Waals surface area contributed by atoms with Crippen molar-refractivity contribution >= 4 is 28.7 Å². The van der Waals surface area contributed by atoms with Crippen molar-refractivity contribution < 1.29 is 9.21 Å². The molecule has 0 atom stereocenters. The van der Waals surface area contributed by atoms with Gasteiger partial charge < -0.3 is 14.2 Å². The fourth-order valence-electron chi connectivity index (χ4n) is 3.41. The zero-order chi connectivity index (χ0) is 18.2. The van der Waals surface area contributed by atoms with Crippen LogP contribution in [0.2, 0.25) is 0 Å². The molecule has 5 rings (SSSR count). The van der Waals surface area contributed by atoms with Crippen LogP contribution in [0.15, 0.2) is 58.9 Å². The number of furan rings is 1. The Morgan fingerprint density at radius 2 is 2.00 bits per heavy atom. The van der Waals surface area contributed by atoms with Crippen LogP contribution >= 0.6 is 11.3 Å². The van der Waals surface area contributed by atoms with Crippen LogP contribution in [0.3, 0.4) is 0 Å². The lowest BCUT2D eigenvalue weighted by molar-refractivity contribution is 0.0714. The van der Waals surface area contributed by atoms with E-state index in [0.717, 1.165) is 17.2 Å². The minimum absolute atomic E-state index is 0.0633. The Bertz CT molecular complexity index is 1060. The number of rotatable bonds is 3. The molecule has 0 N–H and O–H groups in total. The van der Waals surface area contributed by atoms with Gasteiger partial charge in [-0.05, 0) is 23.6 Å². The Kier molecular flexibility index (Phi) is 3.90. The number of piperazine rings is 1. The summed E-state index contributed by atoms with van der Waals surface area (Å²) >= 11 is 1.69. The van der Waals surface area contributed by atoms with Crippen molar-refractivity contribution in [2.24, 2.45) is 0 Å². The van der Waals surface area contributed by atoms with Gasteiger partial charge in [0.25, 0.3) is 5.91 Å². The van der Waals surface area contributed by atoms with Gasteiger partial charge in [-0.15, -0.1) is 11.3 Å². The third-order valence-corrected chi connectivity index (χ3v) is 5.67. The summed E-state index contributed by atoms with van der Waals surface area (Å²) in [6, 6.07) is 7.56. The highest BCUT2D eigenvalue weighted by Gasteiger charge is 2.26. The molecule has 1 aliphatic rings. The molecule has 0 saturated carbocycles. The molecule has 4 aromatic heterocycles. The zero-order valence-electron chi connectivity index (χ0n) is 14.5. The lowest BCUT2D eigenvalue weighted by Gasteiger charge is -2.35. The maximum atomic E-state index is 12.4. The average molecular weight is 379 g/mol. The number of thiophene rings is 1. The molecule has 0 bridgehead atoms. The molecule has 5 heterocycles. The van der Waals surface area contributed by atoms with Gasteiger partial charge in [0.15, 0.2) is 17.2 Å². The number of anilines is 1. The quantitative estimate of drug-likeness (QED) is 0.547. The number of nitrogens with zero attached hydrogens (tertiary/aromatic N) is 5. The smallest absolute Gasteiger partial charge is 0.289 e. The third kappa shape index (κ3) is 2.78. The van der Waals surface area contributed by atoms with Gasteiger partial charge in [-0.3, -0.25) is 9.20 Å². The summed E-state index contributed by atoms with van der Waals surface area (Å²) in [5.74, 6) is 1.18. The average Bonchev–Trinajstić information content (AvgIpc) is 3.48. The molecule has 1 fully saturated rings. The molecule has 0 spiro atoms. The van der Waals surface area contributed by atoms with Crippen molar-refractivity contribution in [1.82, 2.24) is 19.3 Å². The third-order valence-electron chi connectivity index (χ3n) is 4.78. The van der Waals surface area contributed by atoms with Crippen LogP contribution in [0.1, 0.15) is 10.6 Å². The van der Waals surface area contributed by atoms with E-state index < -0.39 is 0 Å². The molecule has 0 unspecified atom stereocenters. The van der Waals surface area contributed by atoms with E-state index in [-0.39, 0.29) is 5.91 Å². The number of fused-ring (bicyclic) bond motifs is 1. The van der Waals surface area contributed by atoms with Crippen LogP contribution in [0.4, 0.5) is 5.82 Å². The predicted molar refractivity (Wildman–Crippen MR) is 103 cm³/mol. The van der Waals surface area contributed by atoms with Crippen molar-refractivity contribution in [2.75, 3.05) is 31.1 Å². The highest BCUT2D eigenvalue weighted by Crippen LogP contribution is 2.28. The van der Waals surface area contributed by atoms with Crippen LogP contribution in [0.5, 0.6) is 0 Å². The summed E-state index contributed by atoms with van der Waals surface area (Å²) in [4.78, 5) is 26.8. The fourth-order valence-corrected chi connectivity index (χ4v) is 4.15. The largest absolute Gasteiger partial charge is 0.459 e. The van der Waals surface area contributed by atoms with Gasteiger partial charge >= 0.3 is 0 Å². The van der Waals surface area contributed by atoms with E-state index in [4.69, 9.17) is 4.42 Å². The number of amides is 1. The Labute approximate surface area is 159 Å². The second-order valence-electron chi connectivity index (χ2n) is 6.32. The first-order valence-corrected chi connectivity index (χ1v) is 9.63. The second kappa shape index (κ2) is 6.55.